The molecule has 0 saturated heterocycles. The molecule has 1 aliphatic heterocycles. The van der Waals surface area contributed by atoms with Gasteiger partial charge in [-0.1, -0.05) is 26.3 Å². The standard InChI is InChI=1S/C16H20FN3/c1-11(2)12-7-8-14(17)13(10-12)16-19-18-15-6-4-3-5-9-20(15)16/h7-8,10-11H,3-6,9H2,1-2H3. The monoisotopic (exact) mass is 273 g/mol. The molecule has 0 N–H and O–H groups in total. The third-order valence-corrected chi connectivity index (χ3v) is 4.01. The zero-order valence-corrected chi connectivity index (χ0v) is 12.1. The molecule has 2 aromatic rings. The number of halogens is 1. The molecule has 2 heterocycles. The lowest BCUT2D eigenvalue weighted by atomic mass is 10.0. The number of nitrogens with zero attached hydrogens (tertiary/aromatic N) is 3. The Morgan fingerprint density at radius 2 is 2.00 bits per heavy atom. The second kappa shape index (κ2) is 5.35. The first-order chi connectivity index (χ1) is 9.66. The van der Waals surface area contributed by atoms with E-state index in [-0.39, 0.29) is 5.82 Å². The zero-order valence-electron chi connectivity index (χ0n) is 12.1. The highest BCUT2D eigenvalue weighted by Crippen LogP contribution is 2.28. The second-order valence-corrected chi connectivity index (χ2v) is 5.80. The quantitative estimate of drug-likeness (QED) is 0.830. The highest BCUT2D eigenvalue weighted by atomic mass is 19.1. The van der Waals surface area contributed by atoms with Crippen LogP contribution in [-0.2, 0) is 13.0 Å². The van der Waals surface area contributed by atoms with Crippen LogP contribution in [0.4, 0.5) is 4.39 Å². The van der Waals surface area contributed by atoms with Gasteiger partial charge in [-0.15, -0.1) is 10.2 Å². The Balaban J connectivity index is 2.09. The van der Waals surface area contributed by atoms with Crippen LogP contribution in [0.15, 0.2) is 18.2 Å². The van der Waals surface area contributed by atoms with Gasteiger partial charge >= 0.3 is 0 Å². The average Bonchev–Trinajstić information content (AvgIpc) is 2.68. The highest BCUT2D eigenvalue weighted by molar-refractivity contribution is 5.58. The fourth-order valence-electron chi connectivity index (χ4n) is 2.76. The molecule has 106 valence electrons. The maximum absolute atomic E-state index is 14.2. The Bertz CT molecular complexity index is 616. The molecule has 20 heavy (non-hydrogen) atoms. The summed E-state index contributed by atoms with van der Waals surface area (Å²) < 4.78 is 16.3. The summed E-state index contributed by atoms with van der Waals surface area (Å²) in [5.74, 6) is 1.84. The van der Waals surface area contributed by atoms with Crippen LogP contribution in [0.25, 0.3) is 11.4 Å². The van der Waals surface area contributed by atoms with E-state index in [1.807, 2.05) is 12.1 Å². The molecule has 0 unspecified atom stereocenters. The molecule has 0 radical (unpaired) electrons. The van der Waals surface area contributed by atoms with E-state index >= 15 is 0 Å². The van der Waals surface area contributed by atoms with Crippen LogP contribution in [0.3, 0.4) is 0 Å². The van der Waals surface area contributed by atoms with Gasteiger partial charge in [-0.3, -0.25) is 0 Å². The maximum atomic E-state index is 14.2. The molecular formula is C16H20FN3. The molecule has 1 aromatic heterocycles. The molecule has 0 amide bonds. The van der Waals surface area contributed by atoms with Crippen LogP contribution in [0, 0.1) is 5.82 Å². The van der Waals surface area contributed by atoms with Crippen molar-refractivity contribution < 1.29 is 4.39 Å². The van der Waals surface area contributed by atoms with Crippen molar-refractivity contribution in [3.8, 4) is 11.4 Å². The van der Waals surface area contributed by atoms with Crippen LogP contribution in [0.2, 0.25) is 0 Å². The van der Waals surface area contributed by atoms with Gasteiger partial charge in [0.25, 0.3) is 0 Å². The Kier molecular flexibility index (Phi) is 3.55. The summed E-state index contributed by atoms with van der Waals surface area (Å²) in [5, 5.41) is 8.50. The molecule has 0 saturated carbocycles. The fraction of sp³-hybridized carbons (Fsp3) is 0.500. The molecule has 1 aromatic carbocycles. The van der Waals surface area contributed by atoms with Crippen molar-refractivity contribution in [3.05, 3.63) is 35.4 Å². The number of benzene rings is 1. The third kappa shape index (κ3) is 2.35. The highest BCUT2D eigenvalue weighted by Gasteiger charge is 2.19. The van der Waals surface area contributed by atoms with Crippen LogP contribution in [0.5, 0.6) is 0 Å². The molecular weight excluding hydrogens is 253 g/mol. The summed E-state index contributed by atoms with van der Waals surface area (Å²) in [7, 11) is 0. The predicted molar refractivity (Wildman–Crippen MR) is 77.1 cm³/mol. The molecule has 0 bridgehead atoms. The zero-order chi connectivity index (χ0) is 14.1. The van der Waals surface area contributed by atoms with Crippen molar-refractivity contribution in [2.24, 2.45) is 0 Å². The van der Waals surface area contributed by atoms with E-state index in [1.165, 1.54) is 6.42 Å². The van der Waals surface area contributed by atoms with Gasteiger partial charge in [0.15, 0.2) is 5.82 Å². The van der Waals surface area contributed by atoms with Gasteiger partial charge in [0.1, 0.15) is 11.6 Å². The van der Waals surface area contributed by atoms with E-state index in [0.717, 1.165) is 37.2 Å². The summed E-state index contributed by atoms with van der Waals surface area (Å²) in [4.78, 5) is 0. The minimum atomic E-state index is -0.214. The molecule has 0 fully saturated rings. The Labute approximate surface area is 118 Å². The van der Waals surface area contributed by atoms with Crippen molar-refractivity contribution in [2.45, 2.75) is 52.0 Å². The van der Waals surface area contributed by atoms with Crippen LogP contribution >= 0.6 is 0 Å². The molecule has 0 atom stereocenters. The summed E-state index contributed by atoms with van der Waals surface area (Å²) in [6, 6.07) is 5.31. The maximum Gasteiger partial charge on any atom is 0.166 e. The fourth-order valence-corrected chi connectivity index (χ4v) is 2.76. The second-order valence-electron chi connectivity index (χ2n) is 5.80. The SMILES string of the molecule is CC(C)c1ccc(F)c(-c2nnc3n2CCCCC3)c1. The van der Waals surface area contributed by atoms with E-state index in [4.69, 9.17) is 0 Å². The van der Waals surface area contributed by atoms with E-state index in [2.05, 4.69) is 28.6 Å². The number of aromatic nitrogens is 3. The molecule has 3 nitrogen and oxygen atoms in total. The van der Waals surface area contributed by atoms with Crippen molar-refractivity contribution in [1.29, 1.82) is 0 Å². The number of hydrogen-bond acceptors (Lipinski definition) is 2. The molecule has 1 aliphatic rings. The number of rotatable bonds is 2. The van der Waals surface area contributed by atoms with E-state index in [1.54, 1.807) is 6.07 Å². The Morgan fingerprint density at radius 1 is 1.15 bits per heavy atom. The minimum absolute atomic E-state index is 0.214. The average molecular weight is 273 g/mol. The van der Waals surface area contributed by atoms with Crippen molar-refractivity contribution in [2.75, 3.05) is 0 Å². The number of fused-ring (bicyclic) bond motifs is 1. The smallest absolute Gasteiger partial charge is 0.166 e. The van der Waals surface area contributed by atoms with Crippen molar-refractivity contribution in [3.63, 3.8) is 0 Å². The van der Waals surface area contributed by atoms with Crippen LogP contribution in [0.1, 0.15) is 50.4 Å². The lowest BCUT2D eigenvalue weighted by Gasteiger charge is -2.11. The van der Waals surface area contributed by atoms with Gasteiger partial charge in [0.05, 0.1) is 5.56 Å². The first kappa shape index (κ1) is 13.3. The van der Waals surface area contributed by atoms with E-state index in [0.29, 0.717) is 17.3 Å². The Hall–Kier alpha value is -1.71. The lowest BCUT2D eigenvalue weighted by molar-refractivity contribution is 0.615. The van der Waals surface area contributed by atoms with Crippen LogP contribution < -0.4 is 0 Å². The molecule has 0 spiro atoms. The largest absolute Gasteiger partial charge is 0.311 e. The third-order valence-electron chi connectivity index (χ3n) is 4.01. The van der Waals surface area contributed by atoms with E-state index < -0.39 is 0 Å². The topological polar surface area (TPSA) is 30.7 Å². The van der Waals surface area contributed by atoms with Crippen molar-refractivity contribution in [1.82, 2.24) is 14.8 Å². The van der Waals surface area contributed by atoms with Gasteiger partial charge in [-0.05, 0) is 36.5 Å². The normalized spacial score (nSPS) is 15.2. The summed E-state index contributed by atoms with van der Waals surface area (Å²) in [6.45, 7) is 5.12. The summed E-state index contributed by atoms with van der Waals surface area (Å²) in [6.07, 6.45) is 4.41. The number of aryl methyl sites for hydroxylation is 1. The first-order valence-corrected chi connectivity index (χ1v) is 7.38. The summed E-state index contributed by atoms with van der Waals surface area (Å²) in [5.41, 5.74) is 1.71. The molecule has 0 aliphatic carbocycles. The Morgan fingerprint density at radius 3 is 2.80 bits per heavy atom. The summed E-state index contributed by atoms with van der Waals surface area (Å²) >= 11 is 0. The van der Waals surface area contributed by atoms with Gasteiger partial charge < -0.3 is 4.57 Å². The first-order valence-electron chi connectivity index (χ1n) is 7.38. The van der Waals surface area contributed by atoms with E-state index in [9.17, 15) is 4.39 Å². The number of hydrogen-bond donors (Lipinski definition) is 0. The van der Waals surface area contributed by atoms with Crippen molar-refractivity contribution >= 4 is 0 Å². The van der Waals surface area contributed by atoms with Gasteiger partial charge in [-0.25, -0.2) is 4.39 Å². The van der Waals surface area contributed by atoms with Crippen LogP contribution in [-0.4, -0.2) is 14.8 Å². The minimum Gasteiger partial charge on any atom is -0.311 e. The van der Waals surface area contributed by atoms with Gasteiger partial charge in [0.2, 0.25) is 0 Å². The lowest BCUT2D eigenvalue weighted by Crippen LogP contribution is -2.04. The molecule has 3 rings (SSSR count). The van der Waals surface area contributed by atoms with Gasteiger partial charge in [-0.2, -0.15) is 0 Å². The molecule has 4 heteroatoms. The predicted octanol–water partition coefficient (Wildman–Crippen LogP) is 3.93. The van der Waals surface area contributed by atoms with Gasteiger partial charge in [0, 0.05) is 13.0 Å².